The molecule has 1 aliphatic rings. The summed E-state index contributed by atoms with van der Waals surface area (Å²) in [6, 6.07) is 8.61. The topological polar surface area (TPSA) is 35.0 Å². The lowest BCUT2D eigenvalue weighted by molar-refractivity contribution is 0.297. The first kappa shape index (κ1) is 25.7. The van der Waals surface area contributed by atoms with Crippen LogP contribution in [0.1, 0.15) is 120 Å². The number of rotatable bonds is 15. The maximum atomic E-state index is 5.89. The van der Waals surface area contributed by atoms with Crippen molar-refractivity contribution in [3.8, 4) is 5.75 Å². The molecule has 0 saturated heterocycles. The number of hydrogen-bond acceptors (Lipinski definition) is 3. The molecular weight excluding hydrogens is 404 g/mol. The summed E-state index contributed by atoms with van der Waals surface area (Å²) < 4.78 is 5.89. The molecule has 1 aromatic carbocycles. The van der Waals surface area contributed by atoms with Gasteiger partial charge in [0.1, 0.15) is 11.6 Å². The van der Waals surface area contributed by atoms with E-state index >= 15 is 0 Å². The fraction of sp³-hybridized carbons (Fsp3) is 0.667. The second-order valence-corrected chi connectivity index (χ2v) is 10.1. The highest BCUT2D eigenvalue weighted by Gasteiger charge is 2.23. The minimum Gasteiger partial charge on any atom is -0.494 e. The maximum absolute atomic E-state index is 5.89. The van der Waals surface area contributed by atoms with E-state index in [0.29, 0.717) is 5.92 Å². The minimum absolute atomic E-state index is 0.570. The Kier molecular flexibility index (Phi) is 11.8. The van der Waals surface area contributed by atoms with Crippen LogP contribution in [0, 0.1) is 5.92 Å². The quantitative estimate of drug-likeness (QED) is 0.255. The van der Waals surface area contributed by atoms with Crippen molar-refractivity contribution in [2.75, 3.05) is 6.61 Å². The average Bonchev–Trinajstić information content (AvgIpc) is 2.86. The van der Waals surface area contributed by atoms with E-state index in [0.717, 1.165) is 43.4 Å². The third kappa shape index (κ3) is 9.47. The number of hydrogen-bond donors (Lipinski definition) is 0. The van der Waals surface area contributed by atoms with Gasteiger partial charge in [-0.05, 0) is 74.1 Å². The first-order valence-electron chi connectivity index (χ1n) is 13.8. The lowest BCUT2D eigenvalue weighted by Gasteiger charge is -2.27. The number of benzene rings is 1. The summed E-state index contributed by atoms with van der Waals surface area (Å²) in [7, 11) is 0. The number of unbranched alkanes of at least 4 members (excludes halogenated alkanes) is 6. The zero-order valence-electron chi connectivity index (χ0n) is 21.2. The highest BCUT2D eigenvalue weighted by atomic mass is 16.5. The Balaban J connectivity index is 1.35. The van der Waals surface area contributed by atoms with E-state index in [1.165, 1.54) is 88.2 Å². The lowest BCUT2D eigenvalue weighted by Crippen LogP contribution is -2.15. The molecule has 3 heteroatoms. The van der Waals surface area contributed by atoms with E-state index in [4.69, 9.17) is 14.7 Å². The van der Waals surface area contributed by atoms with Gasteiger partial charge in [-0.3, -0.25) is 0 Å². The van der Waals surface area contributed by atoms with E-state index in [9.17, 15) is 0 Å². The van der Waals surface area contributed by atoms with Crippen LogP contribution in [0.2, 0.25) is 0 Å². The summed E-state index contributed by atoms with van der Waals surface area (Å²) in [6.07, 6.45) is 23.3. The molecule has 0 N–H and O–H groups in total. The van der Waals surface area contributed by atoms with Gasteiger partial charge in [0.05, 0.1) is 6.61 Å². The van der Waals surface area contributed by atoms with Crippen LogP contribution in [0.3, 0.4) is 0 Å². The molecule has 1 aliphatic carbocycles. The largest absolute Gasteiger partial charge is 0.494 e. The molecule has 1 aromatic heterocycles. The molecule has 33 heavy (non-hydrogen) atoms. The number of nitrogens with zero attached hydrogens (tertiary/aromatic N) is 2. The predicted octanol–water partition coefficient (Wildman–Crippen LogP) is 8.47. The summed E-state index contributed by atoms with van der Waals surface area (Å²) in [5, 5.41) is 0. The maximum Gasteiger partial charge on any atom is 0.131 e. The molecular formula is C30H46N2O. The van der Waals surface area contributed by atoms with Crippen LogP contribution in [0.5, 0.6) is 5.75 Å². The molecule has 0 atom stereocenters. The van der Waals surface area contributed by atoms with Crippen LogP contribution in [-0.2, 0) is 12.8 Å². The van der Waals surface area contributed by atoms with Crippen molar-refractivity contribution in [1.29, 1.82) is 0 Å². The zero-order chi connectivity index (χ0) is 23.1. The lowest BCUT2D eigenvalue weighted by atomic mass is 9.79. The molecule has 3 rings (SSSR count). The summed E-state index contributed by atoms with van der Waals surface area (Å²) in [6.45, 7) is 5.37. The van der Waals surface area contributed by atoms with Crippen LogP contribution in [0.15, 0.2) is 36.7 Å². The second kappa shape index (κ2) is 15.1. The van der Waals surface area contributed by atoms with Gasteiger partial charge < -0.3 is 4.74 Å². The summed E-state index contributed by atoms with van der Waals surface area (Å²) in [4.78, 5) is 9.52. The second-order valence-electron chi connectivity index (χ2n) is 10.1. The predicted molar refractivity (Wildman–Crippen MR) is 139 cm³/mol. The summed E-state index contributed by atoms with van der Waals surface area (Å²) >= 11 is 0. The van der Waals surface area contributed by atoms with E-state index in [1.807, 2.05) is 0 Å². The molecule has 0 unspecified atom stereocenters. The molecule has 0 radical (unpaired) electrons. The first-order valence-corrected chi connectivity index (χ1v) is 13.8. The van der Waals surface area contributed by atoms with Gasteiger partial charge in [-0.25, -0.2) is 9.97 Å². The Hall–Kier alpha value is -1.90. The van der Waals surface area contributed by atoms with Crippen molar-refractivity contribution in [1.82, 2.24) is 9.97 Å². The van der Waals surface area contributed by atoms with Gasteiger partial charge in [0, 0.05) is 18.3 Å². The molecule has 1 heterocycles. The van der Waals surface area contributed by atoms with Gasteiger partial charge in [-0.1, -0.05) is 77.3 Å². The summed E-state index contributed by atoms with van der Waals surface area (Å²) in [5.74, 6) is 3.57. The van der Waals surface area contributed by atoms with Crippen molar-refractivity contribution < 1.29 is 4.74 Å². The fourth-order valence-corrected chi connectivity index (χ4v) is 5.03. The van der Waals surface area contributed by atoms with Gasteiger partial charge in [-0.2, -0.15) is 0 Å². The first-order chi connectivity index (χ1) is 16.3. The Morgan fingerprint density at radius 2 is 1.36 bits per heavy atom. The van der Waals surface area contributed by atoms with Crippen LogP contribution in [-0.4, -0.2) is 16.6 Å². The van der Waals surface area contributed by atoms with E-state index < -0.39 is 0 Å². The molecule has 182 valence electrons. The standard InChI is InChI=1S/C30H46N2O/c1-3-5-7-8-10-22-33-29-20-16-26(17-21-29)12-13-27-23-31-30(32-24-27)28-18-14-25(15-19-28)11-9-6-4-2/h16-17,20-21,23-25,28H,3-15,18-19,22H2,1-2H3. The third-order valence-corrected chi connectivity index (χ3v) is 7.30. The van der Waals surface area contributed by atoms with Crippen molar-refractivity contribution in [2.24, 2.45) is 5.92 Å². The molecule has 1 fully saturated rings. The molecule has 0 bridgehead atoms. The number of aromatic nitrogens is 2. The van der Waals surface area contributed by atoms with Gasteiger partial charge in [0.15, 0.2) is 0 Å². The molecule has 2 aromatic rings. The van der Waals surface area contributed by atoms with Crippen LogP contribution in [0.25, 0.3) is 0 Å². The van der Waals surface area contributed by atoms with Crippen molar-refractivity contribution in [2.45, 2.75) is 116 Å². The highest BCUT2D eigenvalue weighted by Crippen LogP contribution is 2.36. The Bertz CT molecular complexity index is 748. The molecule has 1 saturated carbocycles. The molecule has 3 nitrogen and oxygen atoms in total. The van der Waals surface area contributed by atoms with E-state index in [1.54, 1.807) is 0 Å². The van der Waals surface area contributed by atoms with Gasteiger partial charge in [-0.15, -0.1) is 0 Å². The molecule has 0 spiro atoms. The smallest absolute Gasteiger partial charge is 0.131 e. The van der Waals surface area contributed by atoms with Crippen LogP contribution >= 0.6 is 0 Å². The van der Waals surface area contributed by atoms with Crippen LogP contribution < -0.4 is 4.74 Å². The Labute approximate surface area is 202 Å². The Morgan fingerprint density at radius 1 is 0.727 bits per heavy atom. The average molecular weight is 451 g/mol. The van der Waals surface area contributed by atoms with Gasteiger partial charge in [0.25, 0.3) is 0 Å². The fourth-order valence-electron chi connectivity index (χ4n) is 5.03. The van der Waals surface area contributed by atoms with Crippen molar-refractivity contribution in [3.05, 3.63) is 53.6 Å². The normalized spacial score (nSPS) is 18.4. The van der Waals surface area contributed by atoms with Crippen LogP contribution in [0.4, 0.5) is 0 Å². The summed E-state index contributed by atoms with van der Waals surface area (Å²) in [5.41, 5.74) is 2.58. The molecule has 0 amide bonds. The van der Waals surface area contributed by atoms with Crippen molar-refractivity contribution >= 4 is 0 Å². The van der Waals surface area contributed by atoms with E-state index in [-0.39, 0.29) is 0 Å². The third-order valence-electron chi connectivity index (χ3n) is 7.30. The molecule has 0 aliphatic heterocycles. The zero-order valence-corrected chi connectivity index (χ0v) is 21.2. The van der Waals surface area contributed by atoms with Gasteiger partial charge >= 0.3 is 0 Å². The number of ether oxygens (including phenoxy) is 1. The number of aryl methyl sites for hydroxylation is 2. The highest BCUT2D eigenvalue weighted by molar-refractivity contribution is 5.28. The van der Waals surface area contributed by atoms with Gasteiger partial charge in [0.2, 0.25) is 0 Å². The van der Waals surface area contributed by atoms with E-state index in [2.05, 4.69) is 50.5 Å². The monoisotopic (exact) mass is 450 g/mol. The minimum atomic E-state index is 0.570. The Morgan fingerprint density at radius 3 is 2.06 bits per heavy atom. The SMILES string of the molecule is CCCCCCCOc1ccc(CCc2cnc(C3CCC(CCCCC)CC3)nc2)cc1. The van der Waals surface area contributed by atoms with Crippen molar-refractivity contribution in [3.63, 3.8) is 0 Å².